The number of benzene rings is 2. The third-order valence-corrected chi connectivity index (χ3v) is 6.47. The molecule has 0 bridgehead atoms. The normalized spacial score (nSPS) is 13.7. The number of esters is 1. The van der Waals surface area contributed by atoms with Crippen LogP contribution < -0.4 is 11.1 Å². The van der Waals surface area contributed by atoms with Crippen molar-refractivity contribution in [2.45, 2.75) is 32.1 Å². The molecule has 0 atom stereocenters. The van der Waals surface area contributed by atoms with E-state index in [0.29, 0.717) is 34.3 Å². The number of methoxy groups -OCH3 is 1. The lowest BCUT2D eigenvalue weighted by Gasteiger charge is -2.12. The first-order valence-corrected chi connectivity index (χ1v) is 12.3. The summed E-state index contributed by atoms with van der Waals surface area (Å²) < 4.78 is 6.17. The molecule has 9 heteroatoms. The van der Waals surface area contributed by atoms with E-state index >= 15 is 0 Å². The van der Waals surface area contributed by atoms with E-state index in [1.54, 1.807) is 30.5 Å². The van der Waals surface area contributed by atoms with Crippen molar-refractivity contribution in [2.75, 3.05) is 19.4 Å². The van der Waals surface area contributed by atoms with Crippen molar-refractivity contribution >= 4 is 46.1 Å². The molecule has 1 amide bonds. The summed E-state index contributed by atoms with van der Waals surface area (Å²) in [7, 11) is 1.34. The van der Waals surface area contributed by atoms with Crippen molar-refractivity contribution in [1.82, 2.24) is 20.0 Å². The van der Waals surface area contributed by atoms with Gasteiger partial charge in [-0.25, -0.2) is 14.8 Å². The molecule has 1 aliphatic carbocycles. The van der Waals surface area contributed by atoms with Gasteiger partial charge in [-0.15, -0.1) is 0 Å². The zero-order chi connectivity index (χ0) is 25.8. The quantitative estimate of drug-likeness (QED) is 0.221. The van der Waals surface area contributed by atoms with E-state index in [-0.39, 0.29) is 17.3 Å². The topological polar surface area (TPSA) is 124 Å². The summed E-state index contributed by atoms with van der Waals surface area (Å²) in [5.41, 5.74) is 11.4. The minimum atomic E-state index is -0.415. The van der Waals surface area contributed by atoms with Gasteiger partial charge in [0.05, 0.1) is 29.9 Å². The lowest BCUT2D eigenvalue weighted by molar-refractivity contribution is 0.0600. The third kappa shape index (κ3) is 5.06. The summed E-state index contributed by atoms with van der Waals surface area (Å²) in [4.78, 5) is 34.4. The summed E-state index contributed by atoms with van der Waals surface area (Å²) in [6.45, 7) is 0.521. The van der Waals surface area contributed by atoms with Gasteiger partial charge in [0.15, 0.2) is 5.65 Å². The Morgan fingerprint density at radius 1 is 1.11 bits per heavy atom. The second-order valence-electron chi connectivity index (χ2n) is 8.93. The first-order chi connectivity index (χ1) is 18.0. The first-order valence-electron chi connectivity index (χ1n) is 12.3. The van der Waals surface area contributed by atoms with Crippen LogP contribution in [0.25, 0.3) is 22.2 Å². The number of amides is 1. The van der Waals surface area contributed by atoms with Crippen molar-refractivity contribution in [3.05, 3.63) is 76.9 Å². The third-order valence-electron chi connectivity index (χ3n) is 6.47. The number of hydrogen-bond acceptors (Lipinski definition) is 7. The van der Waals surface area contributed by atoms with Crippen molar-refractivity contribution in [1.29, 1.82) is 0 Å². The van der Waals surface area contributed by atoms with E-state index in [2.05, 4.69) is 16.5 Å². The maximum absolute atomic E-state index is 13.3. The molecule has 0 saturated carbocycles. The van der Waals surface area contributed by atoms with E-state index in [1.807, 2.05) is 24.3 Å². The molecule has 2 aromatic carbocycles. The average molecular weight is 497 g/mol. The van der Waals surface area contributed by atoms with Crippen LogP contribution in [0.4, 0.5) is 5.82 Å². The van der Waals surface area contributed by atoms with Crippen LogP contribution in [0.1, 0.15) is 58.4 Å². The second-order valence-corrected chi connectivity index (χ2v) is 8.93. The zero-order valence-electron chi connectivity index (χ0n) is 20.6. The smallest absolute Gasteiger partial charge is 0.337 e. The van der Waals surface area contributed by atoms with Gasteiger partial charge in [0, 0.05) is 6.54 Å². The van der Waals surface area contributed by atoms with E-state index in [1.165, 1.54) is 30.2 Å². The Hall–Kier alpha value is -4.53. The Bertz CT molecular complexity index is 1540. The Labute approximate surface area is 214 Å². The molecular formula is C28H28N6O3. The van der Waals surface area contributed by atoms with E-state index in [4.69, 9.17) is 20.4 Å². The molecule has 0 saturated heterocycles. The van der Waals surface area contributed by atoms with E-state index < -0.39 is 5.97 Å². The van der Waals surface area contributed by atoms with Crippen LogP contribution >= 0.6 is 0 Å². The van der Waals surface area contributed by atoms with Crippen LogP contribution in [0, 0.1) is 0 Å². The van der Waals surface area contributed by atoms with Crippen LogP contribution in [0.15, 0.2) is 65.3 Å². The summed E-state index contributed by atoms with van der Waals surface area (Å²) in [6.07, 6.45) is 9.31. The monoisotopic (exact) mass is 496 g/mol. The number of aromatic nitrogens is 3. The number of nitrogens with two attached hydrogens (primary N) is 1. The number of para-hydroxylation sites is 2. The molecular weight excluding hydrogens is 468 g/mol. The van der Waals surface area contributed by atoms with Crippen molar-refractivity contribution in [3.63, 3.8) is 0 Å². The molecule has 2 aromatic heterocycles. The number of ether oxygens (including phenoxy) is 1. The zero-order valence-corrected chi connectivity index (χ0v) is 20.6. The number of hydrogen-bond donors (Lipinski definition) is 2. The molecule has 0 unspecified atom stereocenters. The molecule has 37 heavy (non-hydrogen) atoms. The summed E-state index contributed by atoms with van der Waals surface area (Å²) >= 11 is 0. The molecule has 188 valence electrons. The Morgan fingerprint density at radius 2 is 1.86 bits per heavy atom. The number of nitrogen functional groups attached to an aromatic ring is 1. The number of anilines is 1. The van der Waals surface area contributed by atoms with Gasteiger partial charge in [-0.3, -0.25) is 4.79 Å². The molecule has 1 aliphatic rings. The molecule has 9 nitrogen and oxygen atoms in total. The standard InChI is InChI=1S/C28H28N6O3/c1-37-28(36)20-13-11-19(12-14-20)17-31-34-25(29)23(27(35)30-16-15-18-7-3-2-4-8-18)24-26(34)33-22-10-6-5-9-21(22)32-24/h5-7,9-14,17H,2-4,8,15-16,29H2,1H3,(H,30,35). The van der Waals surface area contributed by atoms with Gasteiger partial charge in [0.2, 0.25) is 0 Å². The van der Waals surface area contributed by atoms with Gasteiger partial charge < -0.3 is 15.8 Å². The molecule has 0 spiro atoms. The van der Waals surface area contributed by atoms with Crippen LogP contribution in [-0.2, 0) is 4.74 Å². The minimum absolute atomic E-state index is 0.155. The maximum Gasteiger partial charge on any atom is 0.337 e. The van der Waals surface area contributed by atoms with Gasteiger partial charge in [-0.05, 0) is 61.9 Å². The van der Waals surface area contributed by atoms with Crippen LogP contribution in [-0.4, -0.2) is 46.4 Å². The number of carbonyl (C=O) groups is 2. The fraction of sp³-hybridized carbons (Fsp3) is 0.250. The molecule has 3 N–H and O–H groups in total. The highest BCUT2D eigenvalue weighted by molar-refractivity contribution is 6.10. The fourth-order valence-corrected chi connectivity index (χ4v) is 4.49. The predicted molar refractivity (Wildman–Crippen MR) is 144 cm³/mol. The molecule has 0 radical (unpaired) electrons. The lowest BCUT2D eigenvalue weighted by atomic mass is 9.97. The van der Waals surface area contributed by atoms with Crippen LogP contribution in [0.2, 0.25) is 0 Å². The minimum Gasteiger partial charge on any atom is -0.465 e. The van der Waals surface area contributed by atoms with Crippen LogP contribution in [0.3, 0.4) is 0 Å². The van der Waals surface area contributed by atoms with Gasteiger partial charge >= 0.3 is 5.97 Å². The van der Waals surface area contributed by atoms with Crippen molar-refractivity contribution in [2.24, 2.45) is 5.10 Å². The SMILES string of the molecule is COC(=O)c1ccc(C=Nn2c(N)c(C(=O)NCCC3=CCCCC3)c3nc4ccccc4nc32)cc1. The highest BCUT2D eigenvalue weighted by Gasteiger charge is 2.24. The van der Waals surface area contributed by atoms with Crippen molar-refractivity contribution < 1.29 is 14.3 Å². The summed E-state index contributed by atoms with van der Waals surface area (Å²) in [5.74, 6) is -0.566. The van der Waals surface area contributed by atoms with E-state index in [9.17, 15) is 9.59 Å². The molecule has 0 aliphatic heterocycles. The Balaban J connectivity index is 1.48. The van der Waals surface area contributed by atoms with Gasteiger partial charge in [-0.2, -0.15) is 9.78 Å². The van der Waals surface area contributed by atoms with E-state index in [0.717, 1.165) is 24.8 Å². The van der Waals surface area contributed by atoms with Gasteiger partial charge in [-0.1, -0.05) is 35.9 Å². The highest BCUT2D eigenvalue weighted by Crippen LogP contribution is 2.28. The molecule has 4 aromatic rings. The predicted octanol–water partition coefficient (Wildman–Crippen LogP) is 4.46. The number of nitrogens with zero attached hydrogens (tertiary/aromatic N) is 4. The Morgan fingerprint density at radius 3 is 2.57 bits per heavy atom. The first kappa shape index (κ1) is 24.2. The average Bonchev–Trinajstić information content (AvgIpc) is 3.20. The van der Waals surface area contributed by atoms with Crippen LogP contribution in [0.5, 0.6) is 0 Å². The van der Waals surface area contributed by atoms with Gasteiger partial charge in [0.25, 0.3) is 5.91 Å². The largest absolute Gasteiger partial charge is 0.465 e. The summed E-state index contributed by atoms with van der Waals surface area (Å²) in [5, 5.41) is 7.52. The number of allylic oxidation sites excluding steroid dienone is 1. The molecule has 2 heterocycles. The number of nitrogens with one attached hydrogen (secondary N) is 1. The number of fused-ring (bicyclic) bond motifs is 2. The highest BCUT2D eigenvalue weighted by atomic mass is 16.5. The Kier molecular flexibility index (Phi) is 6.93. The van der Waals surface area contributed by atoms with Crippen molar-refractivity contribution in [3.8, 4) is 0 Å². The number of rotatable bonds is 7. The summed E-state index contributed by atoms with van der Waals surface area (Å²) in [6, 6.07) is 14.2. The molecule has 5 rings (SSSR count). The molecule has 0 fully saturated rings. The van der Waals surface area contributed by atoms with Gasteiger partial charge in [0.1, 0.15) is 16.9 Å². The second kappa shape index (κ2) is 10.6. The maximum atomic E-state index is 13.3. The fourth-order valence-electron chi connectivity index (χ4n) is 4.49. The lowest BCUT2D eigenvalue weighted by Crippen LogP contribution is -2.25. The number of carbonyl (C=O) groups excluding carboxylic acids is 2.